The summed E-state index contributed by atoms with van der Waals surface area (Å²) in [4.78, 5) is 4.27. The van der Waals surface area contributed by atoms with Crippen LogP contribution in [-0.4, -0.2) is 29.6 Å². The van der Waals surface area contributed by atoms with Crippen LogP contribution in [0.25, 0.3) is 0 Å². The van der Waals surface area contributed by atoms with E-state index in [4.69, 9.17) is 0 Å². The van der Waals surface area contributed by atoms with Gasteiger partial charge >= 0.3 is 0 Å². The Morgan fingerprint density at radius 1 is 1.50 bits per heavy atom. The Morgan fingerprint density at radius 3 is 2.90 bits per heavy atom. The summed E-state index contributed by atoms with van der Waals surface area (Å²) in [6.07, 6.45) is 4.11. The van der Waals surface area contributed by atoms with Gasteiger partial charge in [0.15, 0.2) is 0 Å². The molecule has 2 fully saturated rings. The third-order valence-corrected chi connectivity index (χ3v) is 6.29. The number of thiophene rings is 1. The smallest absolute Gasteiger partial charge is 0.0332 e. The Labute approximate surface area is 127 Å². The van der Waals surface area contributed by atoms with E-state index >= 15 is 0 Å². The van der Waals surface area contributed by atoms with Crippen LogP contribution >= 0.6 is 11.3 Å². The van der Waals surface area contributed by atoms with Gasteiger partial charge in [0.05, 0.1) is 0 Å². The average molecular weight is 292 g/mol. The molecular formula is C17H28N2S. The van der Waals surface area contributed by atoms with Gasteiger partial charge in [0.2, 0.25) is 0 Å². The molecule has 1 saturated carbocycles. The number of hydrogen-bond acceptors (Lipinski definition) is 3. The summed E-state index contributed by atoms with van der Waals surface area (Å²) in [6, 6.07) is 5.16. The highest BCUT2D eigenvalue weighted by molar-refractivity contribution is 7.09. The zero-order chi connectivity index (χ0) is 14.2. The van der Waals surface area contributed by atoms with Crippen molar-refractivity contribution in [1.29, 1.82) is 0 Å². The van der Waals surface area contributed by atoms with Gasteiger partial charge in [0.1, 0.15) is 0 Å². The lowest BCUT2D eigenvalue weighted by molar-refractivity contribution is 0.0421. The first kappa shape index (κ1) is 14.6. The summed E-state index contributed by atoms with van der Waals surface area (Å²) < 4.78 is 0. The van der Waals surface area contributed by atoms with Crippen LogP contribution in [0.5, 0.6) is 0 Å². The van der Waals surface area contributed by atoms with Gasteiger partial charge in [-0.15, -0.1) is 11.3 Å². The average Bonchev–Trinajstić information content (AvgIpc) is 3.19. The van der Waals surface area contributed by atoms with Crippen molar-refractivity contribution >= 4 is 11.3 Å². The molecule has 2 nitrogen and oxygen atoms in total. The third-order valence-electron chi connectivity index (χ3n) is 5.43. The number of piperazine rings is 1. The summed E-state index contributed by atoms with van der Waals surface area (Å²) >= 11 is 1.90. The lowest BCUT2D eigenvalue weighted by Gasteiger charge is -2.48. The molecule has 3 heteroatoms. The Kier molecular flexibility index (Phi) is 4.21. The summed E-state index contributed by atoms with van der Waals surface area (Å²) in [5, 5.41) is 6.10. The van der Waals surface area contributed by atoms with E-state index < -0.39 is 0 Å². The third kappa shape index (κ3) is 2.95. The molecule has 1 saturated heterocycles. The van der Waals surface area contributed by atoms with Crippen LogP contribution < -0.4 is 5.32 Å². The van der Waals surface area contributed by atoms with Crippen molar-refractivity contribution in [3.8, 4) is 0 Å². The first-order valence-electron chi connectivity index (χ1n) is 8.14. The van der Waals surface area contributed by atoms with E-state index in [1.807, 2.05) is 11.3 Å². The van der Waals surface area contributed by atoms with Crippen LogP contribution in [0.1, 0.15) is 44.9 Å². The molecule has 3 atom stereocenters. The van der Waals surface area contributed by atoms with E-state index in [-0.39, 0.29) is 0 Å². The molecule has 2 heterocycles. The maximum Gasteiger partial charge on any atom is 0.0332 e. The Hall–Kier alpha value is -0.380. The zero-order valence-corrected chi connectivity index (χ0v) is 13.9. The fourth-order valence-electron chi connectivity index (χ4n) is 3.66. The lowest BCUT2D eigenvalue weighted by atomic mass is 9.87. The van der Waals surface area contributed by atoms with Gasteiger partial charge in [-0.3, -0.25) is 4.90 Å². The normalized spacial score (nSPS) is 33.2. The SMILES string of the molecule is CCC(C)C1CNC(C)(C2CC2)CN1Cc1cccs1. The largest absolute Gasteiger partial charge is 0.308 e. The molecule has 1 aromatic rings. The minimum atomic E-state index is 0.348. The first-order valence-corrected chi connectivity index (χ1v) is 9.02. The molecule has 0 spiro atoms. The van der Waals surface area contributed by atoms with Crippen molar-refractivity contribution in [1.82, 2.24) is 10.2 Å². The van der Waals surface area contributed by atoms with Crippen molar-refractivity contribution in [2.45, 2.75) is 58.2 Å². The molecule has 20 heavy (non-hydrogen) atoms. The van der Waals surface area contributed by atoms with E-state index in [0.717, 1.165) is 24.9 Å². The van der Waals surface area contributed by atoms with Crippen LogP contribution in [0, 0.1) is 11.8 Å². The van der Waals surface area contributed by atoms with Crippen molar-refractivity contribution in [3.05, 3.63) is 22.4 Å². The molecule has 1 aromatic heterocycles. The zero-order valence-electron chi connectivity index (χ0n) is 13.1. The predicted molar refractivity (Wildman–Crippen MR) is 87.1 cm³/mol. The molecule has 0 amide bonds. The molecule has 0 aromatic carbocycles. The molecule has 3 unspecified atom stereocenters. The van der Waals surface area contributed by atoms with Gasteiger partial charge in [0, 0.05) is 36.1 Å². The Morgan fingerprint density at radius 2 is 2.30 bits per heavy atom. The quantitative estimate of drug-likeness (QED) is 0.889. The number of nitrogens with one attached hydrogen (secondary N) is 1. The van der Waals surface area contributed by atoms with E-state index in [2.05, 4.69) is 48.5 Å². The highest BCUT2D eigenvalue weighted by atomic mass is 32.1. The second-order valence-corrected chi connectivity index (χ2v) is 8.04. The summed E-state index contributed by atoms with van der Waals surface area (Å²) in [7, 11) is 0. The fourth-order valence-corrected chi connectivity index (χ4v) is 4.39. The van der Waals surface area contributed by atoms with Crippen molar-refractivity contribution in [3.63, 3.8) is 0 Å². The Bertz CT molecular complexity index is 426. The van der Waals surface area contributed by atoms with Crippen LogP contribution in [-0.2, 0) is 6.54 Å². The van der Waals surface area contributed by atoms with Crippen LogP contribution in [0.15, 0.2) is 17.5 Å². The molecule has 2 aliphatic rings. The van der Waals surface area contributed by atoms with Gasteiger partial charge in [0.25, 0.3) is 0 Å². The number of nitrogens with zero attached hydrogens (tertiary/aromatic N) is 1. The van der Waals surface area contributed by atoms with Gasteiger partial charge in [-0.1, -0.05) is 26.3 Å². The molecule has 3 rings (SSSR count). The second-order valence-electron chi connectivity index (χ2n) is 7.01. The summed E-state index contributed by atoms with van der Waals surface area (Å²) in [6.45, 7) is 10.7. The van der Waals surface area contributed by atoms with Gasteiger partial charge < -0.3 is 5.32 Å². The van der Waals surface area contributed by atoms with Crippen molar-refractivity contribution in [2.24, 2.45) is 11.8 Å². The minimum absolute atomic E-state index is 0.348. The highest BCUT2D eigenvalue weighted by Gasteiger charge is 2.46. The van der Waals surface area contributed by atoms with E-state index in [9.17, 15) is 0 Å². The number of rotatable bonds is 5. The van der Waals surface area contributed by atoms with Crippen LogP contribution in [0.4, 0.5) is 0 Å². The van der Waals surface area contributed by atoms with Crippen LogP contribution in [0.3, 0.4) is 0 Å². The molecule has 1 N–H and O–H groups in total. The van der Waals surface area contributed by atoms with Crippen molar-refractivity contribution in [2.75, 3.05) is 13.1 Å². The summed E-state index contributed by atoms with van der Waals surface area (Å²) in [5.41, 5.74) is 0.348. The molecule has 0 radical (unpaired) electrons. The fraction of sp³-hybridized carbons (Fsp3) is 0.765. The maximum absolute atomic E-state index is 3.89. The monoisotopic (exact) mass is 292 g/mol. The topological polar surface area (TPSA) is 15.3 Å². The highest BCUT2D eigenvalue weighted by Crippen LogP contribution is 2.42. The molecule has 1 aliphatic heterocycles. The predicted octanol–water partition coefficient (Wildman–Crippen LogP) is 3.74. The van der Waals surface area contributed by atoms with E-state index in [1.54, 1.807) is 0 Å². The summed E-state index contributed by atoms with van der Waals surface area (Å²) in [5.74, 6) is 1.68. The van der Waals surface area contributed by atoms with Gasteiger partial charge in [-0.2, -0.15) is 0 Å². The minimum Gasteiger partial charge on any atom is -0.308 e. The van der Waals surface area contributed by atoms with E-state index in [1.165, 1.54) is 30.7 Å². The molecule has 0 bridgehead atoms. The number of hydrogen-bond donors (Lipinski definition) is 1. The standard InChI is InChI=1S/C17H28N2S/c1-4-13(2)16-10-18-17(3,14-7-8-14)12-19(16)11-15-6-5-9-20-15/h5-6,9,13-14,16,18H,4,7-8,10-12H2,1-3H3. The van der Waals surface area contributed by atoms with Gasteiger partial charge in [-0.25, -0.2) is 0 Å². The van der Waals surface area contributed by atoms with Gasteiger partial charge in [-0.05, 0) is 43.0 Å². The van der Waals surface area contributed by atoms with Crippen LogP contribution in [0.2, 0.25) is 0 Å². The molecule has 112 valence electrons. The molecular weight excluding hydrogens is 264 g/mol. The molecule has 1 aliphatic carbocycles. The first-order chi connectivity index (χ1) is 9.62. The van der Waals surface area contributed by atoms with Crippen molar-refractivity contribution < 1.29 is 0 Å². The lowest BCUT2D eigenvalue weighted by Crippen LogP contribution is -2.64. The van der Waals surface area contributed by atoms with E-state index in [0.29, 0.717) is 11.6 Å². The maximum atomic E-state index is 3.89. The Balaban J connectivity index is 1.74. The second kappa shape index (κ2) is 5.78.